The third-order valence-electron chi connectivity index (χ3n) is 6.72. The molecule has 0 radical (unpaired) electrons. The van der Waals surface area contributed by atoms with Crippen molar-refractivity contribution in [3.05, 3.63) is 95.3 Å². The van der Waals surface area contributed by atoms with E-state index in [0.29, 0.717) is 12.5 Å². The maximum Gasteiger partial charge on any atom is 0.253 e. The standard InChI is InChI=1S/C27H30N4O/c32-27-25-19-23(20-29-26(25)11-13-28-27)31-17-15-30(16-18-31)14-12-24(21-7-3-1-4-8-21)22-9-5-2-6-10-22/h1-10,19-20,24H,11-18H2,(H,28,32). The van der Waals surface area contributed by atoms with Gasteiger partial charge in [0, 0.05) is 45.1 Å². The van der Waals surface area contributed by atoms with Gasteiger partial charge in [-0.15, -0.1) is 0 Å². The summed E-state index contributed by atoms with van der Waals surface area (Å²) in [6.45, 7) is 5.74. The largest absolute Gasteiger partial charge is 0.368 e. The molecule has 3 aromatic rings. The van der Waals surface area contributed by atoms with E-state index in [1.54, 1.807) is 0 Å². The van der Waals surface area contributed by atoms with E-state index < -0.39 is 0 Å². The number of hydrogen-bond acceptors (Lipinski definition) is 4. The van der Waals surface area contributed by atoms with Crippen LogP contribution in [0.2, 0.25) is 0 Å². The monoisotopic (exact) mass is 426 g/mol. The first-order valence-electron chi connectivity index (χ1n) is 11.6. The SMILES string of the molecule is O=C1NCCc2ncc(N3CCN(CCC(c4ccccc4)c4ccccc4)CC3)cc21. The Labute approximate surface area is 190 Å². The molecule has 1 aromatic heterocycles. The second kappa shape index (κ2) is 9.53. The fraction of sp³-hybridized carbons (Fsp3) is 0.333. The highest BCUT2D eigenvalue weighted by Crippen LogP contribution is 2.28. The van der Waals surface area contributed by atoms with Crippen LogP contribution in [0.25, 0.3) is 0 Å². The number of pyridine rings is 1. The van der Waals surface area contributed by atoms with Crippen LogP contribution in [0.4, 0.5) is 5.69 Å². The summed E-state index contributed by atoms with van der Waals surface area (Å²) in [6, 6.07) is 23.7. The van der Waals surface area contributed by atoms with Crippen LogP contribution in [0.1, 0.15) is 39.5 Å². The average Bonchev–Trinajstić information content (AvgIpc) is 2.86. The quantitative estimate of drug-likeness (QED) is 0.653. The first-order chi connectivity index (χ1) is 15.8. The summed E-state index contributed by atoms with van der Waals surface area (Å²) < 4.78 is 0. The number of carbonyl (C=O) groups excluding carboxylic acids is 1. The molecule has 5 heteroatoms. The fourth-order valence-corrected chi connectivity index (χ4v) is 4.88. The molecule has 1 saturated heterocycles. The highest BCUT2D eigenvalue weighted by molar-refractivity contribution is 5.97. The minimum Gasteiger partial charge on any atom is -0.368 e. The normalized spacial score (nSPS) is 16.7. The van der Waals surface area contributed by atoms with E-state index in [0.717, 1.165) is 62.5 Å². The molecule has 1 amide bonds. The second-order valence-corrected chi connectivity index (χ2v) is 8.68. The minimum atomic E-state index is 0.00658. The zero-order valence-electron chi connectivity index (χ0n) is 18.4. The molecule has 2 aromatic carbocycles. The number of anilines is 1. The molecule has 5 nitrogen and oxygen atoms in total. The number of benzene rings is 2. The third-order valence-corrected chi connectivity index (χ3v) is 6.72. The molecule has 32 heavy (non-hydrogen) atoms. The summed E-state index contributed by atoms with van der Waals surface area (Å²) in [6.07, 6.45) is 3.86. The van der Waals surface area contributed by atoms with Crippen LogP contribution < -0.4 is 10.2 Å². The number of rotatable bonds is 6. The van der Waals surface area contributed by atoms with E-state index in [1.807, 2.05) is 12.3 Å². The molecular formula is C27H30N4O. The number of hydrogen-bond donors (Lipinski definition) is 1. The van der Waals surface area contributed by atoms with Gasteiger partial charge in [-0.05, 0) is 30.2 Å². The van der Waals surface area contributed by atoms with Gasteiger partial charge in [0.15, 0.2) is 0 Å². The summed E-state index contributed by atoms with van der Waals surface area (Å²) in [7, 11) is 0. The maximum absolute atomic E-state index is 12.2. The Morgan fingerprint density at radius 1 is 0.906 bits per heavy atom. The lowest BCUT2D eigenvalue weighted by molar-refractivity contribution is 0.0945. The zero-order chi connectivity index (χ0) is 21.8. The molecule has 164 valence electrons. The molecule has 0 spiro atoms. The molecule has 1 N–H and O–H groups in total. The Kier molecular flexibility index (Phi) is 6.17. The van der Waals surface area contributed by atoms with Crippen molar-refractivity contribution in [1.29, 1.82) is 0 Å². The van der Waals surface area contributed by atoms with Crippen LogP contribution in [-0.4, -0.2) is 55.1 Å². The third kappa shape index (κ3) is 4.53. The molecule has 2 aliphatic rings. The molecule has 5 rings (SSSR count). The van der Waals surface area contributed by atoms with Crippen LogP contribution in [0.3, 0.4) is 0 Å². The highest BCUT2D eigenvalue weighted by Gasteiger charge is 2.23. The van der Waals surface area contributed by atoms with E-state index in [9.17, 15) is 4.79 Å². The van der Waals surface area contributed by atoms with Crippen LogP contribution in [0.15, 0.2) is 72.9 Å². The summed E-state index contributed by atoms with van der Waals surface area (Å²) in [5.74, 6) is 0.422. The van der Waals surface area contributed by atoms with Gasteiger partial charge in [-0.2, -0.15) is 0 Å². The lowest BCUT2D eigenvalue weighted by Crippen LogP contribution is -2.47. The lowest BCUT2D eigenvalue weighted by Gasteiger charge is -2.37. The van der Waals surface area contributed by atoms with Gasteiger partial charge in [-0.3, -0.25) is 14.7 Å². The molecule has 0 bridgehead atoms. The Hall–Kier alpha value is -3.18. The fourth-order valence-electron chi connectivity index (χ4n) is 4.88. The van der Waals surface area contributed by atoms with Crippen molar-refractivity contribution in [1.82, 2.24) is 15.2 Å². The molecule has 0 unspecified atom stereocenters. The number of nitrogens with zero attached hydrogens (tertiary/aromatic N) is 3. The van der Waals surface area contributed by atoms with Crippen molar-refractivity contribution in [2.75, 3.05) is 44.2 Å². The van der Waals surface area contributed by atoms with Crippen LogP contribution in [0.5, 0.6) is 0 Å². The number of carbonyl (C=O) groups is 1. The summed E-state index contributed by atoms with van der Waals surface area (Å²) in [5.41, 5.74) is 5.49. The van der Waals surface area contributed by atoms with Gasteiger partial charge in [0.25, 0.3) is 5.91 Å². The van der Waals surface area contributed by atoms with Crippen molar-refractivity contribution >= 4 is 11.6 Å². The second-order valence-electron chi connectivity index (χ2n) is 8.68. The van der Waals surface area contributed by atoms with Gasteiger partial charge in [-0.25, -0.2) is 0 Å². The number of piperazine rings is 1. The maximum atomic E-state index is 12.2. The average molecular weight is 427 g/mol. The molecule has 3 heterocycles. The molecular weight excluding hydrogens is 396 g/mol. The number of amides is 1. The van der Waals surface area contributed by atoms with Crippen LogP contribution >= 0.6 is 0 Å². The van der Waals surface area contributed by atoms with E-state index in [-0.39, 0.29) is 5.91 Å². The van der Waals surface area contributed by atoms with Gasteiger partial charge >= 0.3 is 0 Å². The van der Waals surface area contributed by atoms with Crippen LogP contribution in [0, 0.1) is 0 Å². The first-order valence-corrected chi connectivity index (χ1v) is 11.6. The summed E-state index contributed by atoms with van der Waals surface area (Å²) in [4.78, 5) is 21.7. The van der Waals surface area contributed by atoms with Gasteiger partial charge in [-0.1, -0.05) is 60.7 Å². The van der Waals surface area contributed by atoms with E-state index >= 15 is 0 Å². The first kappa shape index (κ1) is 20.7. The Morgan fingerprint density at radius 3 is 2.22 bits per heavy atom. The molecule has 0 saturated carbocycles. The number of fused-ring (bicyclic) bond motifs is 1. The zero-order valence-corrected chi connectivity index (χ0v) is 18.4. The number of aromatic nitrogens is 1. The smallest absolute Gasteiger partial charge is 0.253 e. The van der Waals surface area contributed by atoms with Crippen molar-refractivity contribution in [2.45, 2.75) is 18.8 Å². The van der Waals surface area contributed by atoms with Crippen molar-refractivity contribution in [3.8, 4) is 0 Å². The van der Waals surface area contributed by atoms with E-state index in [2.05, 4.69) is 80.8 Å². The predicted molar refractivity (Wildman–Crippen MR) is 128 cm³/mol. The molecule has 0 aliphatic carbocycles. The van der Waals surface area contributed by atoms with Crippen molar-refractivity contribution in [2.24, 2.45) is 0 Å². The van der Waals surface area contributed by atoms with E-state index in [4.69, 9.17) is 0 Å². The van der Waals surface area contributed by atoms with Crippen molar-refractivity contribution < 1.29 is 4.79 Å². The van der Waals surface area contributed by atoms with Crippen LogP contribution in [-0.2, 0) is 6.42 Å². The highest BCUT2D eigenvalue weighted by atomic mass is 16.1. The summed E-state index contributed by atoms with van der Waals surface area (Å²) in [5, 5.41) is 2.92. The minimum absolute atomic E-state index is 0.00658. The van der Waals surface area contributed by atoms with Gasteiger partial charge in [0.1, 0.15) is 0 Å². The van der Waals surface area contributed by atoms with E-state index in [1.165, 1.54) is 11.1 Å². The molecule has 0 atom stereocenters. The van der Waals surface area contributed by atoms with Gasteiger partial charge in [0.2, 0.25) is 0 Å². The van der Waals surface area contributed by atoms with Gasteiger partial charge < -0.3 is 10.2 Å². The Balaban J connectivity index is 1.21. The Morgan fingerprint density at radius 2 is 1.56 bits per heavy atom. The Bertz CT molecular complexity index is 1010. The van der Waals surface area contributed by atoms with Gasteiger partial charge in [0.05, 0.1) is 23.1 Å². The topological polar surface area (TPSA) is 48.5 Å². The molecule has 2 aliphatic heterocycles. The lowest BCUT2D eigenvalue weighted by atomic mass is 9.88. The summed E-state index contributed by atoms with van der Waals surface area (Å²) >= 11 is 0. The van der Waals surface area contributed by atoms with Crippen molar-refractivity contribution in [3.63, 3.8) is 0 Å². The number of nitrogens with one attached hydrogen (secondary N) is 1. The predicted octanol–water partition coefficient (Wildman–Crippen LogP) is 3.71. The molecule has 1 fully saturated rings.